The van der Waals surface area contributed by atoms with Gasteiger partial charge in [0.25, 0.3) is 0 Å². The van der Waals surface area contributed by atoms with Crippen LogP contribution in [0.25, 0.3) is 0 Å². The highest BCUT2D eigenvalue weighted by Crippen LogP contribution is 2.24. The molecule has 2 unspecified atom stereocenters. The maximum Gasteiger partial charge on any atom is 0.224 e. The standard InChI is InChI=1S/C16H33N3O/c1-13(12-19-8-6-5-7-9-19)18-15(20)14(11-17)10-16(2,3)4/h13-14H,5-12,17H2,1-4H3,(H,18,20). The zero-order valence-electron chi connectivity index (χ0n) is 13.7. The van der Waals surface area contributed by atoms with Gasteiger partial charge in [0, 0.05) is 19.1 Å². The van der Waals surface area contributed by atoms with Crippen LogP contribution in [0, 0.1) is 11.3 Å². The number of amides is 1. The largest absolute Gasteiger partial charge is 0.352 e. The molecule has 1 rings (SSSR count). The number of hydrogen-bond donors (Lipinski definition) is 2. The Balaban J connectivity index is 2.38. The molecule has 0 aliphatic carbocycles. The average molecular weight is 283 g/mol. The van der Waals surface area contributed by atoms with E-state index >= 15 is 0 Å². The van der Waals surface area contributed by atoms with Gasteiger partial charge < -0.3 is 16.0 Å². The minimum atomic E-state index is -0.0706. The Labute approximate surface area is 124 Å². The first-order chi connectivity index (χ1) is 9.31. The molecule has 4 nitrogen and oxygen atoms in total. The molecule has 0 aromatic heterocycles. The van der Waals surface area contributed by atoms with Crippen LogP contribution in [0.1, 0.15) is 53.4 Å². The zero-order valence-corrected chi connectivity index (χ0v) is 13.7. The van der Waals surface area contributed by atoms with Gasteiger partial charge in [-0.1, -0.05) is 27.2 Å². The Morgan fingerprint density at radius 1 is 1.25 bits per heavy atom. The van der Waals surface area contributed by atoms with Crippen LogP contribution in [0.2, 0.25) is 0 Å². The van der Waals surface area contributed by atoms with Gasteiger partial charge in [-0.3, -0.25) is 4.79 Å². The lowest BCUT2D eigenvalue weighted by atomic mass is 9.84. The Morgan fingerprint density at radius 3 is 2.35 bits per heavy atom. The first-order valence-electron chi connectivity index (χ1n) is 8.04. The lowest BCUT2D eigenvalue weighted by molar-refractivity contribution is -0.126. The molecule has 20 heavy (non-hydrogen) atoms. The second kappa shape index (κ2) is 7.99. The quantitative estimate of drug-likeness (QED) is 0.784. The van der Waals surface area contributed by atoms with Crippen molar-refractivity contribution >= 4 is 5.91 Å². The number of nitrogens with one attached hydrogen (secondary N) is 1. The van der Waals surface area contributed by atoms with Crippen LogP contribution in [0.15, 0.2) is 0 Å². The summed E-state index contributed by atoms with van der Waals surface area (Å²) in [7, 11) is 0. The summed E-state index contributed by atoms with van der Waals surface area (Å²) in [5, 5.41) is 3.14. The van der Waals surface area contributed by atoms with E-state index in [9.17, 15) is 4.79 Å². The van der Waals surface area contributed by atoms with Gasteiger partial charge >= 0.3 is 0 Å². The fourth-order valence-corrected chi connectivity index (χ4v) is 2.96. The summed E-state index contributed by atoms with van der Waals surface area (Å²) in [6.07, 6.45) is 4.76. The van der Waals surface area contributed by atoms with E-state index in [-0.39, 0.29) is 23.3 Å². The van der Waals surface area contributed by atoms with Gasteiger partial charge in [-0.15, -0.1) is 0 Å². The predicted molar refractivity (Wildman–Crippen MR) is 84.5 cm³/mol. The summed E-state index contributed by atoms with van der Waals surface area (Å²) in [5.41, 5.74) is 5.91. The maximum atomic E-state index is 12.3. The number of piperidine rings is 1. The van der Waals surface area contributed by atoms with E-state index in [4.69, 9.17) is 5.73 Å². The second-order valence-electron chi connectivity index (χ2n) is 7.47. The SMILES string of the molecule is CC(CN1CCCCC1)NC(=O)C(CN)CC(C)(C)C. The monoisotopic (exact) mass is 283 g/mol. The first kappa shape index (κ1) is 17.4. The molecule has 0 bridgehead atoms. The van der Waals surface area contributed by atoms with Crippen molar-refractivity contribution in [3.05, 3.63) is 0 Å². The van der Waals surface area contributed by atoms with E-state index in [1.54, 1.807) is 0 Å². The third-order valence-corrected chi connectivity index (χ3v) is 3.88. The van der Waals surface area contributed by atoms with Crippen molar-refractivity contribution in [3.63, 3.8) is 0 Å². The lowest BCUT2D eigenvalue weighted by Crippen LogP contribution is -2.47. The highest BCUT2D eigenvalue weighted by molar-refractivity contribution is 5.79. The van der Waals surface area contributed by atoms with Crippen LogP contribution in [0.3, 0.4) is 0 Å². The summed E-state index contributed by atoms with van der Waals surface area (Å²) in [5.74, 6) is 0.0470. The number of hydrogen-bond acceptors (Lipinski definition) is 3. The summed E-state index contributed by atoms with van der Waals surface area (Å²) in [6, 6.07) is 0.203. The first-order valence-corrected chi connectivity index (χ1v) is 8.04. The van der Waals surface area contributed by atoms with E-state index in [2.05, 4.69) is 37.9 Å². The molecule has 1 aliphatic rings. The summed E-state index contributed by atoms with van der Waals surface area (Å²) in [6.45, 7) is 12.3. The number of nitrogens with zero attached hydrogens (tertiary/aromatic N) is 1. The van der Waals surface area contributed by atoms with Crippen molar-refractivity contribution in [2.45, 2.75) is 59.4 Å². The Bertz CT molecular complexity index is 293. The molecule has 0 radical (unpaired) electrons. The van der Waals surface area contributed by atoms with Crippen LogP contribution in [0.4, 0.5) is 0 Å². The second-order valence-corrected chi connectivity index (χ2v) is 7.47. The fourth-order valence-electron chi connectivity index (χ4n) is 2.96. The van der Waals surface area contributed by atoms with Crippen molar-refractivity contribution in [3.8, 4) is 0 Å². The van der Waals surface area contributed by atoms with Crippen molar-refractivity contribution in [2.24, 2.45) is 17.1 Å². The Morgan fingerprint density at radius 2 is 1.85 bits per heavy atom. The van der Waals surface area contributed by atoms with Crippen molar-refractivity contribution < 1.29 is 4.79 Å². The van der Waals surface area contributed by atoms with Crippen LogP contribution in [-0.4, -0.2) is 43.0 Å². The average Bonchev–Trinajstić information content (AvgIpc) is 2.35. The molecule has 1 saturated heterocycles. The molecule has 4 heteroatoms. The highest BCUT2D eigenvalue weighted by atomic mass is 16.2. The van der Waals surface area contributed by atoms with Crippen LogP contribution >= 0.6 is 0 Å². The Kier molecular flexibility index (Phi) is 6.96. The molecular formula is C16H33N3O. The zero-order chi connectivity index (χ0) is 15.2. The highest BCUT2D eigenvalue weighted by Gasteiger charge is 2.25. The smallest absolute Gasteiger partial charge is 0.224 e. The van der Waals surface area contributed by atoms with Crippen molar-refractivity contribution in [1.29, 1.82) is 0 Å². The van der Waals surface area contributed by atoms with Gasteiger partial charge in [0.05, 0.1) is 5.92 Å². The number of nitrogens with two attached hydrogens (primary N) is 1. The number of rotatable bonds is 6. The lowest BCUT2D eigenvalue weighted by Gasteiger charge is -2.30. The number of carbonyl (C=O) groups is 1. The van der Waals surface area contributed by atoms with Gasteiger partial charge in [0.15, 0.2) is 0 Å². The summed E-state index contributed by atoms with van der Waals surface area (Å²) < 4.78 is 0. The predicted octanol–water partition coefficient (Wildman–Crippen LogP) is 1.99. The molecule has 118 valence electrons. The molecule has 0 saturated carbocycles. The molecule has 1 aliphatic heterocycles. The molecule has 0 spiro atoms. The molecule has 1 heterocycles. The maximum absolute atomic E-state index is 12.3. The molecule has 0 aromatic carbocycles. The van der Waals surface area contributed by atoms with Crippen LogP contribution in [0.5, 0.6) is 0 Å². The van der Waals surface area contributed by atoms with Gasteiger partial charge in [-0.05, 0) is 44.7 Å². The van der Waals surface area contributed by atoms with Gasteiger partial charge in [0.1, 0.15) is 0 Å². The number of likely N-dealkylation sites (tertiary alicyclic amines) is 1. The summed E-state index contributed by atoms with van der Waals surface area (Å²) in [4.78, 5) is 14.7. The van der Waals surface area contributed by atoms with E-state index in [1.807, 2.05) is 0 Å². The fraction of sp³-hybridized carbons (Fsp3) is 0.938. The molecule has 3 N–H and O–H groups in total. The molecule has 0 aromatic rings. The van der Waals surface area contributed by atoms with Crippen molar-refractivity contribution in [1.82, 2.24) is 10.2 Å². The molecule has 1 amide bonds. The van der Waals surface area contributed by atoms with Gasteiger partial charge in [-0.2, -0.15) is 0 Å². The topological polar surface area (TPSA) is 58.4 Å². The summed E-state index contributed by atoms with van der Waals surface area (Å²) >= 11 is 0. The molecule has 2 atom stereocenters. The molecular weight excluding hydrogens is 250 g/mol. The van der Waals surface area contributed by atoms with E-state index < -0.39 is 0 Å². The normalized spacial score (nSPS) is 20.4. The van der Waals surface area contributed by atoms with E-state index in [0.717, 1.165) is 13.0 Å². The van der Waals surface area contributed by atoms with Crippen molar-refractivity contribution in [2.75, 3.05) is 26.2 Å². The van der Waals surface area contributed by atoms with Crippen LogP contribution in [-0.2, 0) is 4.79 Å². The Hall–Kier alpha value is -0.610. The van der Waals surface area contributed by atoms with Gasteiger partial charge in [-0.25, -0.2) is 0 Å². The van der Waals surface area contributed by atoms with E-state index in [0.29, 0.717) is 6.54 Å². The third kappa shape index (κ3) is 6.71. The van der Waals surface area contributed by atoms with E-state index in [1.165, 1.54) is 32.4 Å². The third-order valence-electron chi connectivity index (χ3n) is 3.88. The van der Waals surface area contributed by atoms with Crippen LogP contribution < -0.4 is 11.1 Å². The minimum Gasteiger partial charge on any atom is -0.352 e. The molecule has 1 fully saturated rings. The van der Waals surface area contributed by atoms with Gasteiger partial charge in [0.2, 0.25) is 5.91 Å². The minimum absolute atomic E-state index is 0.0706. The number of carbonyl (C=O) groups excluding carboxylic acids is 1.